The third kappa shape index (κ3) is 1.90. The molecule has 0 amide bonds. The van der Waals surface area contributed by atoms with Crippen LogP contribution in [0.4, 0.5) is 0 Å². The molecule has 1 heterocycles. The highest BCUT2D eigenvalue weighted by Crippen LogP contribution is 2.56. The van der Waals surface area contributed by atoms with Crippen LogP contribution in [0.2, 0.25) is 0 Å². The van der Waals surface area contributed by atoms with Gasteiger partial charge < -0.3 is 9.67 Å². The van der Waals surface area contributed by atoms with E-state index < -0.39 is 0 Å². The number of nitrogens with zero attached hydrogens (tertiary/aromatic N) is 1. The van der Waals surface area contributed by atoms with Crippen molar-refractivity contribution in [1.82, 2.24) is 4.57 Å². The molecule has 2 aliphatic rings. The maximum Gasteiger partial charge on any atom is 0.0691 e. The lowest BCUT2D eigenvalue weighted by molar-refractivity contribution is 0.174. The monoisotopic (exact) mass is 295 g/mol. The van der Waals surface area contributed by atoms with Crippen molar-refractivity contribution in [2.75, 3.05) is 0 Å². The van der Waals surface area contributed by atoms with Gasteiger partial charge in [0.25, 0.3) is 0 Å². The van der Waals surface area contributed by atoms with E-state index in [1.165, 1.54) is 60.1 Å². The summed E-state index contributed by atoms with van der Waals surface area (Å²) in [5, 5.41) is 9.84. The average molecular weight is 295 g/mol. The lowest BCUT2D eigenvalue weighted by atomic mass is 9.68. The maximum absolute atomic E-state index is 9.84. The predicted molar refractivity (Wildman–Crippen MR) is 90.2 cm³/mol. The topological polar surface area (TPSA) is 25.2 Å². The predicted octanol–water partition coefficient (Wildman–Crippen LogP) is 4.41. The fraction of sp³-hybridized carbons (Fsp3) is 0.500. The molecule has 0 aliphatic heterocycles. The first-order valence-corrected chi connectivity index (χ1v) is 8.61. The Labute approximate surface area is 132 Å². The smallest absolute Gasteiger partial charge is 0.0691 e. The van der Waals surface area contributed by atoms with Gasteiger partial charge in [-0.05, 0) is 49.9 Å². The molecule has 1 fully saturated rings. The van der Waals surface area contributed by atoms with Gasteiger partial charge in [-0.25, -0.2) is 0 Å². The summed E-state index contributed by atoms with van der Waals surface area (Å²) in [6.07, 6.45) is 8.44. The molecule has 0 bridgehead atoms. The Morgan fingerprint density at radius 3 is 2.64 bits per heavy atom. The van der Waals surface area contributed by atoms with Crippen molar-refractivity contribution in [3.8, 4) is 11.3 Å². The molecule has 2 aromatic rings. The molecule has 116 valence electrons. The lowest BCUT2D eigenvalue weighted by Crippen LogP contribution is -2.27. The van der Waals surface area contributed by atoms with Gasteiger partial charge in [-0.15, -0.1) is 0 Å². The number of aliphatic hydroxyl groups excluding tert-OH is 1. The van der Waals surface area contributed by atoms with E-state index in [0.717, 1.165) is 0 Å². The number of hydrogen-bond acceptors (Lipinski definition) is 1. The standard InChI is InChI=1S/C20H25NO/c1-14-6-7-17-16(12-14)19-18(8-11-21(19)13-15(2)22)20(17)9-4-3-5-10-20/h6-8,11-12,15,22H,3-5,9-10,13H2,1-2H3. The number of aromatic nitrogens is 1. The summed E-state index contributed by atoms with van der Waals surface area (Å²) in [6, 6.07) is 9.29. The van der Waals surface area contributed by atoms with Gasteiger partial charge in [-0.2, -0.15) is 0 Å². The van der Waals surface area contributed by atoms with Crippen LogP contribution in [0, 0.1) is 6.92 Å². The summed E-state index contributed by atoms with van der Waals surface area (Å²) in [4.78, 5) is 0. The SMILES string of the molecule is Cc1ccc2c(c1)-c1c(ccn1CC(C)O)C21CCCCC1. The largest absolute Gasteiger partial charge is 0.392 e. The number of benzene rings is 1. The molecule has 1 aromatic carbocycles. The summed E-state index contributed by atoms with van der Waals surface area (Å²) in [7, 11) is 0. The van der Waals surface area contributed by atoms with E-state index in [9.17, 15) is 5.11 Å². The highest BCUT2D eigenvalue weighted by Gasteiger charge is 2.45. The van der Waals surface area contributed by atoms with Crippen LogP contribution in [0.1, 0.15) is 55.7 Å². The molecule has 22 heavy (non-hydrogen) atoms. The molecule has 1 saturated carbocycles. The molecule has 1 unspecified atom stereocenters. The van der Waals surface area contributed by atoms with Crippen molar-refractivity contribution in [3.63, 3.8) is 0 Å². The minimum Gasteiger partial charge on any atom is -0.392 e. The number of aryl methyl sites for hydroxylation is 1. The molecule has 1 N–H and O–H groups in total. The number of aliphatic hydroxyl groups is 1. The van der Waals surface area contributed by atoms with E-state index in [1.807, 2.05) is 6.92 Å². The molecule has 0 saturated heterocycles. The Morgan fingerprint density at radius 2 is 1.91 bits per heavy atom. The molecule has 4 rings (SSSR count). The van der Waals surface area contributed by atoms with Crippen LogP contribution in [0.25, 0.3) is 11.3 Å². The average Bonchev–Trinajstić information content (AvgIpc) is 3.00. The first kappa shape index (κ1) is 14.1. The van der Waals surface area contributed by atoms with E-state index in [1.54, 1.807) is 0 Å². The van der Waals surface area contributed by atoms with E-state index in [-0.39, 0.29) is 11.5 Å². The Bertz CT molecular complexity index is 704. The second-order valence-corrected chi connectivity index (χ2v) is 7.27. The van der Waals surface area contributed by atoms with Gasteiger partial charge in [0, 0.05) is 23.7 Å². The zero-order chi connectivity index (χ0) is 15.3. The summed E-state index contributed by atoms with van der Waals surface area (Å²) in [6.45, 7) is 4.72. The van der Waals surface area contributed by atoms with E-state index in [0.29, 0.717) is 6.54 Å². The molecule has 1 aromatic heterocycles. The Morgan fingerprint density at radius 1 is 1.14 bits per heavy atom. The molecule has 0 radical (unpaired) electrons. The van der Waals surface area contributed by atoms with Gasteiger partial charge in [-0.3, -0.25) is 0 Å². The van der Waals surface area contributed by atoms with Crippen LogP contribution in [0.3, 0.4) is 0 Å². The quantitative estimate of drug-likeness (QED) is 0.872. The van der Waals surface area contributed by atoms with Gasteiger partial charge in [0.1, 0.15) is 0 Å². The van der Waals surface area contributed by atoms with Crippen LogP contribution in [0.5, 0.6) is 0 Å². The Hall–Kier alpha value is -1.54. The molecule has 2 nitrogen and oxygen atoms in total. The van der Waals surface area contributed by atoms with Gasteiger partial charge in [0.15, 0.2) is 0 Å². The molecule has 1 atom stereocenters. The Kier molecular flexibility index (Phi) is 3.19. The second kappa shape index (κ2) is 4.99. The zero-order valence-electron chi connectivity index (χ0n) is 13.6. The van der Waals surface area contributed by atoms with Crippen molar-refractivity contribution in [2.24, 2.45) is 0 Å². The lowest BCUT2D eigenvalue weighted by Gasteiger charge is -2.35. The normalized spacial score (nSPS) is 20.0. The minimum atomic E-state index is -0.312. The Balaban J connectivity index is 1.94. The molecule has 2 aliphatic carbocycles. The summed E-state index contributed by atoms with van der Waals surface area (Å²) in [5.41, 5.74) is 7.36. The number of fused-ring (bicyclic) bond motifs is 5. The van der Waals surface area contributed by atoms with Crippen molar-refractivity contribution in [1.29, 1.82) is 0 Å². The maximum atomic E-state index is 9.84. The summed E-state index contributed by atoms with van der Waals surface area (Å²) in [5.74, 6) is 0. The summed E-state index contributed by atoms with van der Waals surface area (Å²) < 4.78 is 2.27. The molecular weight excluding hydrogens is 270 g/mol. The van der Waals surface area contributed by atoms with Gasteiger partial charge >= 0.3 is 0 Å². The minimum absolute atomic E-state index is 0.237. The van der Waals surface area contributed by atoms with E-state index >= 15 is 0 Å². The molecular formula is C20H25NO. The highest BCUT2D eigenvalue weighted by atomic mass is 16.3. The second-order valence-electron chi connectivity index (χ2n) is 7.27. The van der Waals surface area contributed by atoms with Crippen LogP contribution in [-0.2, 0) is 12.0 Å². The van der Waals surface area contributed by atoms with Crippen molar-refractivity contribution < 1.29 is 5.11 Å². The zero-order valence-corrected chi connectivity index (χ0v) is 13.6. The first-order chi connectivity index (χ1) is 10.6. The summed E-state index contributed by atoms with van der Waals surface area (Å²) >= 11 is 0. The number of hydrogen-bond donors (Lipinski definition) is 1. The molecule has 1 spiro atoms. The van der Waals surface area contributed by atoms with Crippen molar-refractivity contribution >= 4 is 0 Å². The van der Waals surface area contributed by atoms with Gasteiger partial charge in [0.2, 0.25) is 0 Å². The van der Waals surface area contributed by atoms with Gasteiger partial charge in [0.05, 0.1) is 11.8 Å². The van der Waals surface area contributed by atoms with Crippen LogP contribution < -0.4 is 0 Å². The third-order valence-corrected chi connectivity index (χ3v) is 5.59. The van der Waals surface area contributed by atoms with E-state index in [2.05, 4.69) is 42.0 Å². The fourth-order valence-electron chi connectivity index (χ4n) is 4.71. The molecule has 2 heteroatoms. The third-order valence-electron chi connectivity index (χ3n) is 5.59. The first-order valence-electron chi connectivity index (χ1n) is 8.61. The van der Waals surface area contributed by atoms with Crippen molar-refractivity contribution in [3.05, 3.63) is 47.2 Å². The van der Waals surface area contributed by atoms with Crippen molar-refractivity contribution in [2.45, 2.75) is 64.0 Å². The number of rotatable bonds is 2. The van der Waals surface area contributed by atoms with E-state index in [4.69, 9.17) is 0 Å². The highest BCUT2D eigenvalue weighted by molar-refractivity contribution is 5.79. The van der Waals surface area contributed by atoms with Crippen LogP contribution >= 0.6 is 0 Å². The fourth-order valence-corrected chi connectivity index (χ4v) is 4.71. The van der Waals surface area contributed by atoms with Gasteiger partial charge in [-0.1, -0.05) is 37.0 Å². The van der Waals surface area contributed by atoms with Crippen LogP contribution in [0.15, 0.2) is 30.5 Å². The van der Waals surface area contributed by atoms with Crippen LogP contribution in [-0.4, -0.2) is 15.8 Å².